The van der Waals surface area contributed by atoms with E-state index in [0.717, 1.165) is 12.1 Å². The fourth-order valence-electron chi connectivity index (χ4n) is 2.67. The van der Waals surface area contributed by atoms with Gasteiger partial charge in [0.05, 0.1) is 16.9 Å². The Labute approximate surface area is 171 Å². The van der Waals surface area contributed by atoms with Gasteiger partial charge >= 0.3 is 7.12 Å². The predicted octanol–water partition coefficient (Wildman–Crippen LogP) is 3.83. The molecule has 0 bridgehead atoms. The number of sulfonamides is 1. The highest BCUT2D eigenvalue weighted by Gasteiger charge is 2.52. The van der Waals surface area contributed by atoms with Gasteiger partial charge in [0, 0.05) is 9.94 Å². The average molecular weight is 474 g/mol. The number of rotatable bonds is 4. The highest BCUT2D eigenvalue weighted by atomic mass is 79.9. The first-order valence-corrected chi connectivity index (χ1v) is 10.7. The third-order valence-corrected chi connectivity index (χ3v) is 6.86. The highest BCUT2D eigenvalue weighted by molar-refractivity contribution is 9.10. The largest absolute Gasteiger partial charge is 0.497 e. The molecule has 0 atom stereocenters. The molecule has 0 saturated carbocycles. The Balaban J connectivity index is 1.94. The van der Waals surface area contributed by atoms with Crippen LogP contribution in [-0.2, 0) is 19.3 Å². The molecule has 0 aliphatic carbocycles. The third-order valence-electron chi connectivity index (χ3n) is 4.96. The Hall–Kier alpha value is -1.49. The molecule has 0 aromatic heterocycles. The topological polar surface area (TPSA) is 64.6 Å². The van der Waals surface area contributed by atoms with Crippen molar-refractivity contribution in [3.05, 3.63) is 52.5 Å². The van der Waals surface area contributed by atoms with Crippen molar-refractivity contribution in [2.24, 2.45) is 0 Å². The van der Waals surface area contributed by atoms with E-state index in [9.17, 15) is 12.8 Å². The van der Waals surface area contributed by atoms with Gasteiger partial charge in [-0.2, -0.15) is 0 Å². The Bertz CT molecular complexity index is 1010. The van der Waals surface area contributed by atoms with Crippen LogP contribution in [0.1, 0.15) is 27.7 Å². The normalized spacial score (nSPS) is 18.3. The fraction of sp³-hybridized carbons (Fsp3) is 0.333. The minimum Gasteiger partial charge on any atom is -0.399 e. The molecule has 150 valence electrons. The van der Waals surface area contributed by atoms with E-state index in [0.29, 0.717) is 4.47 Å². The number of hydrogen-bond acceptors (Lipinski definition) is 4. The zero-order valence-corrected chi connectivity index (χ0v) is 18.1. The van der Waals surface area contributed by atoms with Crippen molar-refractivity contribution < 1.29 is 26.5 Å². The van der Waals surface area contributed by atoms with E-state index in [4.69, 9.17) is 9.31 Å². The minimum atomic E-state index is -4.34. The van der Waals surface area contributed by atoms with E-state index < -0.39 is 44.9 Å². The standard InChI is InChI=1S/C18H19BBrF2NO4S/c1-17(2)18(3,4)27-19(26-17)12-6-5-7-14(16(12)22)23-28(24,25)15-9-8-11(20)10-13(15)21/h5-10,23H,1-4H3. The van der Waals surface area contributed by atoms with Gasteiger partial charge in [-0.1, -0.05) is 28.1 Å². The van der Waals surface area contributed by atoms with E-state index in [1.807, 2.05) is 27.7 Å². The van der Waals surface area contributed by atoms with Crippen molar-refractivity contribution in [2.45, 2.75) is 43.8 Å². The minimum absolute atomic E-state index is 0.0510. The van der Waals surface area contributed by atoms with Crippen LogP contribution in [0.25, 0.3) is 0 Å². The van der Waals surface area contributed by atoms with Crippen LogP contribution < -0.4 is 10.2 Å². The smallest absolute Gasteiger partial charge is 0.399 e. The Kier molecular flexibility index (Phi) is 5.37. The highest BCUT2D eigenvalue weighted by Crippen LogP contribution is 2.37. The lowest BCUT2D eigenvalue weighted by atomic mass is 9.78. The van der Waals surface area contributed by atoms with Crippen LogP contribution in [0.2, 0.25) is 0 Å². The third kappa shape index (κ3) is 3.83. The van der Waals surface area contributed by atoms with Crippen molar-refractivity contribution in [1.29, 1.82) is 0 Å². The van der Waals surface area contributed by atoms with Gasteiger partial charge < -0.3 is 9.31 Å². The number of anilines is 1. The maximum absolute atomic E-state index is 15.1. The van der Waals surface area contributed by atoms with Gasteiger partial charge in [0.2, 0.25) is 0 Å². The van der Waals surface area contributed by atoms with E-state index in [2.05, 4.69) is 20.7 Å². The second kappa shape index (κ2) is 7.09. The Morgan fingerprint density at radius 1 is 1.04 bits per heavy atom. The van der Waals surface area contributed by atoms with Gasteiger partial charge in [0.1, 0.15) is 16.5 Å². The summed E-state index contributed by atoms with van der Waals surface area (Å²) in [6, 6.07) is 7.67. The average Bonchev–Trinajstić information content (AvgIpc) is 2.76. The number of benzene rings is 2. The van der Waals surface area contributed by atoms with Crippen LogP contribution in [0.3, 0.4) is 0 Å². The molecule has 1 aliphatic rings. The number of nitrogens with one attached hydrogen (secondary N) is 1. The molecule has 1 fully saturated rings. The molecule has 3 rings (SSSR count). The quantitative estimate of drug-likeness (QED) is 0.685. The molecule has 0 radical (unpaired) electrons. The summed E-state index contributed by atoms with van der Waals surface area (Å²) in [6.45, 7) is 7.31. The summed E-state index contributed by atoms with van der Waals surface area (Å²) in [6.07, 6.45) is 0. The molecule has 0 spiro atoms. The first-order valence-electron chi connectivity index (χ1n) is 8.46. The molecule has 28 heavy (non-hydrogen) atoms. The second-order valence-corrected chi connectivity index (χ2v) is 10.0. The summed E-state index contributed by atoms with van der Waals surface area (Å²) in [7, 11) is -5.34. The summed E-state index contributed by atoms with van der Waals surface area (Å²) in [4.78, 5) is -0.587. The molecule has 2 aromatic rings. The summed E-state index contributed by atoms with van der Waals surface area (Å²) < 4.78 is 68.3. The maximum Gasteiger partial charge on any atom is 0.497 e. The van der Waals surface area contributed by atoms with Crippen molar-refractivity contribution in [2.75, 3.05) is 4.72 Å². The van der Waals surface area contributed by atoms with Gasteiger partial charge in [-0.15, -0.1) is 0 Å². The zero-order chi connectivity index (χ0) is 20.9. The summed E-state index contributed by atoms with van der Waals surface area (Å²) >= 11 is 3.06. The van der Waals surface area contributed by atoms with Crippen LogP contribution >= 0.6 is 15.9 Å². The van der Waals surface area contributed by atoms with E-state index in [-0.39, 0.29) is 11.2 Å². The lowest BCUT2D eigenvalue weighted by Crippen LogP contribution is -2.41. The molecule has 0 unspecified atom stereocenters. The lowest BCUT2D eigenvalue weighted by Gasteiger charge is -2.32. The Morgan fingerprint density at radius 3 is 2.21 bits per heavy atom. The van der Waals surface area contributed by atoms with Crippen LogP contribution in [0.5, 0.6) is 0 Å². The molecular weight excluding hydrogens is 455 g/mol. The molecule has 1 saturated heterocycles. The number of hydrogen-bond donors (Lipinski definition) is 1. The molecule has 10 heteroatoms. The first kappa shape index (κ1) is 21.2. The van der Waals surface area contributed by atoms with Crippen molar-refractivity contribution in [3.63, 3.8) is 0 Å². The van der Waals surface area contributed by atoms with Gasteiger partial charge in [-0.25, -0.2) is 17.2 Å². The van der Waals surface area contributed by atoms with Crippen molar-refractivity contribution >= 4 is 44.2 Å². The number of halogens is 3. The van der Waals surface area contributed by atoms with Crippen molar-refractivity contribution in [1.82, 2.24) is 0 Å². The monoisotopic (exact) mass is 473 g/mol. The van der Waals surface area contributed by atoms with Crippen LogP contribution in [0.15, 0.2) is 45.8 Å². The zero-order valence-electron chi connectivity index (χ0n) is 15.7. The summed E-state index contributed by atoms with van der Waals surface area (Å²) in [5.74, 6) is -1.80. The van der Waals surface area contributed by atoms with Crippen LogP contribution in [-0.4, -0.2) is 26.7 Å². The predicted molar refractivity (Wildman–Crippen MR) is 107 cm³/mol. The van der Waals surface area contributed by atoms with Crippen LogP contribution in [0.4, 0.5) is 14.5 Å². The molecular formula is C18H19BBrF2NO4S. The second-order valence-electron chi connectivity index (χ2n) is 7.48. The molecule has 1 heterocycles. The van der Waals surface area contributed by atoms with Gasteiger partial charge in [-0.3, -0.25) is 4.72 Å². The lowest BCUT2D eigenvalue weighted by molar-refractivity contribution is 0.00578. The summed E-state index contributed by atoms with van der Waals surface area (Å²) in [5, 5.41) is 0. The SMILES string of the molecule is CC1(C)OB(c2cccc(NS(=O)(=O)c3ccc(Br)cc3F)c2F)OC1(C)C. The van der Waals surface area contributed by atoms with E-state index >= 15 is 4.39 Å². The molecule has 5 nitrogen and oxygen atoms in total. The maximum atomic E-state index is 15.1. The molecule has 1 aliphatic heterocycles. The van der Waals surface area contributed by atoms with Gasteiger partial charge in [-0.05, 0) is 52.0 Å². The van der Waals surface area contributed by atoms with Gasteiger partial charge in [0.15, 0.2) is 0 Å². The first-order chi connectivity index (χ1) is 12.8. The molecule has 2 aromatic carbocycles. The fourth-order valence-corrected chi connectivity index (χ4v) is 4.13. The van der Waals surface area contributed by atoms with Crippen LogP contribution in [0, 0.1) is 11.6 Å². The van der Waals surface area contributed by atoms with E-state index in [1.54, 1.807) is 0 Å². The molecule has 1 N–H and O–H groups in total. The molecule has 0 amide bonds. The summed E-state index contributed by atoms with van der Waals surface area (Å²) in [5.41, 5.74) is -1.63. The van der Waals surface area contributed by atoms with Crippen molar-refractivity contribution in [3.8, 4) is 0 Å². The Morgan fingerprint density at radius 2 is 1.64 bits per heavy atom. The van der Waals surface area contributed by atoms with Gasteiger partial charge in [0.25, 0.3) is 10.0 Å². The van der Waals surface area contributed by atoms with E-state index in [1.165, 1.54) is 24.3 Å².